The molecule has 108 valence electrons. The van der Waals surface area contributed by atoms with Crippen molar-refractivity contribution in [3.05, 3.63) is 45.4 Å². The minimum atomic E-state index is 0.773. The maximum absolute atomic E-state index is 4.46. The fourth-order valence-corrected chi connectivity index (χ4v) is 3.57. The predicted octanol–water partition coefficient (Wildman–Crippen LogP) is 3.34. The van der Waals surface area contributed by atoms with Crippen LogP contribution in [0.4, 0.5) is 0 Å². The normalized spacial score (nSPS) is 11.0. The molecule has 0 aliphatic rings. The molecule has 0 bridgehead atoms. The summed E-state index contributed by atoms with van der Waals surface area (Å²) in [6.45, 7) is 6.16. The fraction of sp³-hybridized carbons (Fsp3) is 0.286. The topological polar surface area (TPSA) is 56.5 Å². The van der Waals surface area contributed by atoms with E-state index in [9.17, 15) is 0 Å². The lowest BCUT2D eigenvalue weighted by molar-refractivity contribution is 0.751. The molecule has 5 nitrogen and oxygen atoms in total. The van der Waals surface area contributed by atoms with E-state index in [1.807, 2.05) is 6.92 Å². The SMILES string of the molecule is Cc1ccc(-n2nnnc2SCc2csc(C)n2)c(C)c1. The molecule has 0 radical (unpaired) electrons. The molecule has 0 fully saturated rings. The lowest BCUT2D eigenvalue weighted by atomic mass is 10.1. The predicted molar refractivity (Wildman–Crippen MR) is 85.0 cm³/mol. The van der Waals surface area contributed by atoms with Gasteiger partial charge in [-0.1, -0.05) is 29.5 Å². The van der Waals surface area contributed by atoms with Crippen LogP contribution in [0.2, 0.25) is 0 Å². The first-order valence-electron chi connectivity index (χ1n) is 6.53. The molecular weight excluding hydrogens is 302 g/mol. The molecule has 0 spiro atoms. The first kappa shape index (κ1) is 14.2. The summed E-state index contributed by atoms with van der Waals surface area (Å²) in [6.07, 6.45) is 0. The van der Waals surface area contributed by atoms with Crippen molar-refractivity contribution < 1.29 is 0 Å². The Hall–Kier alpha value is -1.73. The van der Waals surface area contributed by atoms with Gasteiger partial charge in [0.05, 0.1) is 16.4 Å². The quantitative estimate of drug-likeness (QED) is 0.691. The highest BCUT2D eigenvalue weighted by Crippen LogP contribution is 2.24. The highest BCUT2D eigenvalue weighted by molar-refractivity contribution is 7.98. The van der Waals surface area contributed by atoms with Gasteiger partial charge in [0.2, 0.25) is 5.16 Å². The molecule has 0 saturated heterocycles. The Morgan fingerprint density at radius 1 is 1.24 bits per heavy atom. The highest BCUT2D eigenvalue weighted by atomic mass is 32.2. The second-order valence-electron chi connectivity index (χ2n) is 4.81. The number of hydrogen-bond acceptors (Lipinski definition) is 6. The summed E-state index contributed by atoms with van der Waals surface area (Å²) in [5, 5.41) is 16.0. The molecule has 0 saturated carbocycles. The second-order valence-corrected chi connectivity index (χ2v) is 6.81. The molecule has 7 heteroatoms. The minimum absolute atomic E-state index is 0.773. The number of rotatable bonds is 4. The molecule has 3 rings (SSSR count). The molecule has 0 unspecified atom stereocenters. The molecule has 1 aromatic carbocycles. The number of benzene rings is 1. The summed E-state index contributed by atoms with van der Waals surface area (Å²) in [6, 6.07) is 6.26. The van der Waals surface area contributed by atoms with Crippen LogP contribution in [-0.4, -0.2) is 25.2 Å². The summed E-state index contributed by atoms with van der Waals surface area (Å²) < 4.78 is 1.79. The summed E-state index contributed by atoms with van der Waals surface area (Å²) in [4.78, 5) is 4.46. The monoisotopic (exact) mass is 317 g/mol. The van der Waals surface area contributed by atoms with Crippen molar-refractivity contribution in [2.24, 2.45) is 0 Å². The van der Waals surface area contributed by atoms with E-state index in [2.05, 4.69) is 57.9 Å². The zero-order valence-corrected chi connectivity index (χ0v) is 13.7. The van der Waals surface area contributed by atoms with Crippen molar-refractivity contribution in [2.45, 2.75) is 31.7 Å². The van der Waals surface area contributed by atoms with Crippen molar-refractivity contribution in [1.29, 1.82) is 0 Å². The lowest BCUT2D eigenvalue weighted by Gasteiger charge is -2.07. The molecule has 2 heterocycles. The standard InChI is InChI=1S/C14H15N5S2/c1-9-4-5-13(10(2)6-9)19-14(16-17-18-19)21-8-12-7-20-11(3)15-12/h4-7H,8H2,1-3H3. The molecule has 0 N–H and O–H groups in total. The van der Waals surface area contributed by atoms with Gasteiger partial charge < -0.3 is 0 Å². The summed E-state index contributed by atoms with van der Waals surface area (Å²) in [5.74, 6) is 0.773. The van der Waals surface area contributed by atoms with E-state index in [1.54, 1.807) is 27.8 Å². The highest BCUT2D eigenvalue weighted by Gasteiger charge is 2.12. The van der Waals surface area contributed by atoms with E-state index in [0.29, 0.717) is 0 Å². The maximum Gasteiger partial charge on any atom is 0.214 e. The maximum atomic E-state index is 4.46. The first-order chi connectivity index (χ1) is 10.1. The largest absolute Gasteiger partial charge is 0.246 e. The van der Waals surface area contributed by atoms with Gasteiger partial charge in [-0.05, 0) is 42.8 Å². The van der Waals surface area contributed by atoms with E-state index < -0.39 is 0 Å². The molecule has 3 aromatic rings. The third-order valence-corrected chi connectivity index (χ3v) is 4.81. The minimum Gasteiger partial charge on any atom is -0.246 e. The van der Waals surface area contributed by atoms with E-state index in [-0.39, 0.29) is 0 Å². The van der Waals surface area contributed by atoms with Crippen LogP contribution >= 0.6 is 23.1 Å². The van der Waals surface area contributed by atoms with Crippen LogP contribution < -0.4 is 0 Å². The number of hydrogen-bond donors (Lipinski definition) is 0. The summed E-state index contributed by atoms with van der Waals surface area (Å²) in [7, 11) is 0. The molecular formula is C14H15N5S2. The number of tetrazole rings is 1. The molecule has 2 aromatic heterocycles. The third kappa shape index (κ3) is 3.14. The summed E-state index contributed by atoms with van der Waals surface area (Å²) >= 11 is 3.26. The van der Waals surface area contributed by atoms with Crippen LogP contribution in [0.1, 0.15) is 21.8 Å². The van der Waals surface area contributed by atoms with Gasteiger partial charge >= 0.3 is 0 Å². The third-order valence-electron chi connectivity index (χ3n) is 3.04. The molecule has 0 atom stereocenters. The van der Waals surface area contributed by atoms with Crippen molar-refractivity contribution in [3.8, 4) is 5.69 Å². The second kappa shape index (κ2) is 5.95. The fourth-order valence-electron chi connectivity index (χ4n) is 2.08. The molecule has 0 aliphatic heterocycles. The van der Waals surface area contributed by atoms with E-state index >= 15 is 0 Å². The Morgan fingerprint density at radius 3 is 2.81 bits per heavy atom. The number of thioether (sulfide) groups is 1. The van der Waals surface area contributed by atoms with Crippen LogP contribution in [-0.2, 0) is 5.75 Å². The van der Waals surface area contributed by atoms with Crippen LogP contribution in [0.3, 0.4) is 0 Å². The van der Waals surface area contributed by atoms with Crippen LogP contribution in [0.15, 0.2) is 28.7 Å². The first-order valence-corrected chi connectivity index (χ1v) is 8.40. The lowest BCUT2D eigenvalue weighted by Crippen LogP contribution is -2.02. The zero-order valence-electron chi connectivity index (χ0n) is 12.1. The number of aryl methyl sites for hydroxylation is 3. The molecule has 0 aliphatic carbocycles. The average molecular weight is 317 g/mol. The molecule has 21 heavy (non-hydrogen) atoms. The van der Waals surface area contributed by atoms with E-state index in [4.69, 9.17) is 0 Å². The number of nitrogens with zero attached hydrogens (tertiary/aromatic N) is 5. The van der Waals surface area contributed by atoms with Gasteiger partial charge in [0.1, 0.15) is 0 Å². The Labute approximate surface area is 131 Å². The Kier molecular flexibility index (Phi) is 4.03. The van der Waals surface area contributed by atoms with Crippen LogP contribution in [0, 0.1) is 20.8 Å². The number of aromatic nitrogens is 5. The smallest absolute Gasteiger partial charge is 0.214 e. The van der Waals surface area contributed by atoms with Gasteiger partial charge in [-0.3, -0.25) is 0 Å². The van der Waals surface area contributed by atoms with Gasteiger partial charge in [0.25, 0.3) is 0 Å². The van der Waals surface area contributed by atoms with Crippen molar-refractivity contribution in [3.63, 3.8) is 0 Å². The zero-order chi connectivity index (χ0) is 14.8. The van der Waals surface area contributed by atoms with E-state index in [0.717, 1.165) is 32.9 Å². The number of thiazole rings is 1. The van der Waals surface area contributed by atoms with Gasteiger partial charge in [-0.2, -0.15) is 4.68 Å². The van der Waals surface area contributed by atoms with Gasteiger partial charge in [0, 0.05) is 11.1 Å². The van der Waals surface area contributed by atoms with Gasteiger partial charge in [0.15, 0.2) is 0 Å². The van der Waals surface area contributed by atoms with Gasteiger partial charge in [-0.15, -0.1) is 16.4 Å². The Balaban J connectivity index is 1.83. The van der Waals surface area contributed by atoms with E-state index in [1.165, 1.54) is 5.56 Å². The van der Waals surface area contributed by atoms with Crippen molar-refractivity contribution >= 4 is 23.1 Å². The Morgan fingerprint density at radius 2 is 2.10 bits per heavy atom. The average Bonchev–Trinajstić information content (AvgIpc) is 3.05. The van der Waals surface area contributed by atoms with Crippen molar-refractivity contribution in [2.75, 3.05) is 0 Å². The summed E-state index contributed by atoms with van der Waals surface area (Å²) in [5.41, 5.74) is 4.48. The van der Waals surface area contributed by atoms with Crippen LogP contribution in [0.5, 0.6) is 0 Å². The van der Waals surface area contributed by atoms with Crippen molar-refractivity contribution in [1.82, 2.24) is 25.2 Å². The van der Waals surface area contributed by atoms with Crippen LogP contribution in [0.25, 0.3) is 5.69 Å². The van der Waals surface area contributed by atoms with Gasteiger partial charge in [-0.25, -0.2) is 4.98 Å². The molecule has 0 amide bonds. The Bertz CT molecular complexity index is 762.